The van der Waals surface area contributed by atoms with Crippen molar-refractivity contribution in [2.75, 3.05) is 13.1 Å². The van der Waals surface area contributed by atoms with Crippen LogP contribution in [0.2, 0.25) is 0 Å². The molecule has 1 atom stereocenters. The van der Waals surface area contributed by atoms with Crippen LogP contribution in [0, 0.1) is 0 Å². The Morgan fingerprint density at radius 2 is 2.14 bits per heavy atom. The fourth-order valence-corrected chi connectivity index (χ4v) is 2.45. The zero-order chi connectivity index (χ0) is 14.7. The van der Waals surface area contributed by atoms with Gasteiger partial charge < -0.3 is 10.6 Å². The lowest BCUT2D eigenvalue weighted by atomic mass is 9.93. The lowest BCUT2D eigenvalue weighted by Crippen LogP contribution is -2.36. The van der Waals surface area contributed by atoms with Gasteiger partial charge in [0.05, 0.1) is 25.0 Å². The molecule has 2 heterocycles. The lowest BCUT2D eigenvalue weighted by Gasteiger charge is -2.21. The van der Waals surface area contributed by atoms with Crippen molar-refractivity contribution >= 4 is 6.34 Å². The quantitative estimate of drug-likeness (QED) is 0.860. The largest absolute Gasteiger partial charge is 0.354 e. The van der Waals surface area contributed by atoms with Crippen molar-refractivity contribution < 1.29 is 0 Å². The van der Waals surface area contributed by atoms with Crippen molar-refractivity contribution in [3.8, 4) is 0 Å². The highest BCUT2D eigenvalue weighted by Gasteiger charge is 2.27. The smallest absolute Gasteiger partial charge is 0.170 e. The van der Waals surface area contributed by atoms with Crippen LogP contribution >= 0.6 is 0 Å². The van der Waals surface area contributed by atoms with Crippen molar-refractivity contribution in [3.63, 3.8) is 0 Å². The number of hydrogen-bond acceptors (Lipinski definition) is 5. The maximum Gasteiger partial charge on any atom is 0.170 e. The van der Waals surface area contributed by atoms with Crippen LogP contribution in [0.5, 0.6) is 0 Å². The monoisotopic (exact) mass is 284 g/mol. The van der Waals surface area contributed by atoms with Gasteiger partial charge in [0.2, 0.25) is 0 Å². The van der Waals surface area contributed by atoms with Crippen LogP contribution < -0.4 is 5.73 Å². The minimum atomic E-state index is -0.588. The highest BCUT2D eigenvalue weighted by Crippen LogP contribution is 2.19. The zero-order valence-corrected chi connectivity index (χ0v) is 12.2. The first-order valence-electron chi connectivity index (χ1n) is 7.12. The van der Waals surface area contributed by atoms with Crippen LogP contribution in [0.15, 0.2) is 35.3 Å². The SMILES string of the molecule is C[C@@](N)(Cc1ccccc1)c1n[nH]c(CN2C=NCC2)n1. The molecule has 0 spiro atoms. The second kappa shape index (κ2) is 5.65. The summed E-state index contributed by atoms with van der Waals surface area (Å²) in [6, 6.07) is 10.2. The average Bonchev–Trinajstić information content (AvgIpc) is 3.12. The van der Waals surface area contributed by atoms with Gasteiger partial charge in [-0.05, 0) is 18.9 Å². The van der Waals surface area contributed by atoms with Crippen LogP contribution in [0.3, 0.4) is 0 Å². The van der Waals surface area contributed by atoms with Gasteiger partial charge >= 0.3 is 0 Å². The first kappa shape index (κ1) is 13.8. The molecule has 110 valence electrons. The Morgan fingerprint density at radius 1 is 1.33 bits per heavy atom. The van der Waals surface area contributed by atoms with Crippen molar-refractivity contribution in [2.24, 2.45) is 10.7 Å². The van der Waals surface area contributed by atoms with E-state index in [9.17, 15) is 0 Å². The third kappa shape index (κ3) is 3.28. The molecule has 0 aliphatic carbocycles. The molecule has 0 amide bonds. The molecule has 6 nitrogen and oxygen atoms in total. The van der Waals surface area contributed by atoms with E-state index in [4.69, 9.17) is 5.73 Å². The summed E-state index contributed by atoms with van der Waals surface area (Å²) in [7, 11) is 0. The number of rotatable bonds is 5. The average molecular weight is 284 g/mol. The molecule has 1 aromatic heterocycles. The predicted molar refractivity (Wildman–Crippen MR) is 81.8 cm³/mol. The van der Waals surface area contributed by atoms with Gasteiger partial charge in [-0.15, -0.1) is 0 Å². The van der Waals surface area contributed by atoms with Gasteiger partial charge in [0.25, 0.3) is 0 Å². The molecule has 6 heteroatoms. The van der Waals surface area contributed by atoms with Crippen LogP contribution in [0.4, 0.5) is 0 Å². The number of aromatic amines is 1. The summed E-state index contributed by atoms with van der Waals surface area (Å²) in [4.78, 5) is 10.8. The first-order valence-corrected chi connectivity index (χ1v) is 7.12. The minimum Gasteiger partial charge on any atom is -0.354 e. The minimum absolute atomic E-state index is 0.588. The molecule has 2 aromatic rings. The molecule has 0 fully saturated rings. The van der Waals surface area contributed by atoms with Gasteiger partial charge in [0.15, 0.2) is 5.82 Å². The third-order valence-electron chi connectivity index (χ3n) is 3.57. The molecule has 0 unspecified atom stereocenters. The van der Waals surface area contributed by atoms with Crippen molar-refractivity contribution in [2.45, 2.75) is 25.4 Å². The molecular formula is C15H20N6. The van der Waals surface area contributed by atoms with Gasteiger partial charge in [-0.2, -0.15) is 5.10 Å². The molecule has 0 saturated heterocycles. The van der Waals surface area contributed by atoms with Gasteiger partial charge in [-0.1, -0.05) is 30.3 Å². The number of aliphatic imine (C=N–C) groups is 1. The summed E-state index contributed by atoms with van der Waals surface area (Å²) >= 11 is 0. The molecule has 1 aromatic carbocycles. The van der Waals surface area contributed by atoms with Crippen LogP contribution in [-0.2, 0) is 18.5 Å². The normalized spacial score (nSPS) is 17.1. The molecule has 1 aliphatic heterocycles. The molecule has 3 N–H and O–H groups in total. The van der Waals surface area contributed by atoms with Gasteiger partial charge in [-0.25, -0.2) is 4.98 Å². The fourth-order valence-electron chi connectivity index (χ4n) is 2.45. The number of benzene rings is 1. The summed E-state index contributed by atoms with van der Waals surface area (Å²) in [5.74, 6) is 1.47. The standard InChI is InChI=1S/C15H20N6/c1-15(16,9-12-5-3-2-4-6-12)14-18-13(19-20-14)10-21-8-7-17-11-21/h2-6,11H,7-10,16H2,1H3,(H,18,19,20)/t15-/m1/s1. The Hall–Kier alpha value is -2.21. The Balaban J connectivity index is 1.70. The second-order valence-corrected chi connectivity index (χ2v) is 5.68. The number of nitrogens with one attached hydrogen (secondary N) is 1. The summed E-state index contributed by atoms with van der Waals surface area (Å²) in [5.41, 5.74) is 7.00. The van der Waals surface area contributed by atoms with E-state index in [2.05, 4.69) is 37.2 Å². The Labute approximate surface area is 124 Å². The second-order valence-electron chi connectivity index (χ2n) is 5.68. The Morgan fingerprint density at radius 3 is 2.86 bits per heavy atom. The van der Waals surface area contributed by atoms with E-state index in [0.29, 0.717) is 18.8 Å². The van der Waals surface area contributed by atoms with E-state index in [-0.39, 0.29) is 0 Å². The number of aromatic nitrogens is 3. The maximum atomic E-state index is 6.41. The van der Waals surface area contributed by atoms with E-state index in [1.54, 1.807) is 0 Å². The molecule has 1 aliphatic rings. The first-order chi connectivity index (χ1) is 10.1. The third-order valence-corrected chi connectivity index (χ3v) is 3.57. The summed E-state index contributed by atoms with van der Waals surface area (Å²) in [5, 5.41) is 7.27. The van der Waals surface area contributed by atoms with Crippen LogP contribution in [0.1, 0.15) is 24.1 Å². The van der Waals surface area contributed by atoms with E-state index >= 15 is 0 Å². The summed E-state index contributed by atoms with van der Waals surface area (Å²) in [6.45, 7) is 4.44. The number of H-pyrrole nitrogens is 1. The van der Waals surface area contributed by atoms with Crippen molar-refractivity contribution in [3.05, 3.63) is 47.5 Å². The van der Waals surface area contributed by atoms with E-state index in [1.165, 1.54) is 5.56 Å². The lowest BCUT2D eigenvalue weighted by molar-refractivity contribution is 0.444. The van der Waals surface area contributed by atoms with Gasteiger partial charge in [0, 0.05) is 6.54 Å². The van der Waals surface area contributed by atoms with Gasteiger partial charge in [-0.3, -0.25) is 10.1 Å². The number of nitrogens with zero attached hydrogens (tertiary/aromatic N) is 4. The molecule has 0 saturated carbocycles. The maximum absolute atomic E-state index is 6.41. The number of nitrogens with two attached hydrogens (primary N) is 1. The summed E-state index contributed by atoms with van der Waals surface area (Å²) < 4.78 is 0. The molecule has 0 radical (unpaired) electrons. The molecule has 21 heavy (non-hydrogen) atoms. The van der Waals surface area contributed by atoms with Crippen LogP contribution in [0.25, 0.3) is 0 Å². The Bertz CT molecular complexity index is 616. The number of hydrogen-bond donors (Lipinski definition) is 2. The van der Waals surface area contributed by atoms with Crippen LogP contribution in [-0.4, -0.2) is 39.5 Å². The van der Waals surface area contributed by atoms with E-state index < -0.39 is 5.54 Å². The van der Waals surface area contributed by atoms with Crippen molar-refractivity contribution in [1.29, 1.82) is 0 Å². The Kier molecular flexibility index (Phi) is 3.70. The fraction of sp³-hybridized carbons (Fsp3) is 0.400. The van der Waals surface area contributed by atoms with Crippen molar-refractivity contribution in [1.82, 2.24) is 20.1 Å². The predicted octanol–water partition coefficient (Wildman–Crippen LogP) is 1.07. The molecule has 3 rings (SSSR count). The highest BCUT2D eigenvalue weighted by atomic mass is 15.3. The highest BCUT2D eigenvalue weighted by molar-refractivity contribution is 5.56. The summed E-state index contributed by atoms with van der Waals surface area (Å²) in [6.07, 6.45) is 2.56. The topological polar surface area (TPSA) is 83.2 Å². The molecule has 0 bridgehead atoms. The van der Waals surface area contributed by atoms with E-state index in [1.807, 2.05) is 31.5 Å². The van der Waals surface area contributed by atoms with Gasteiger partial charge in [0.1, 0.15) is 5.82 Å². The zero-order valence-electron chi connectivity index (χ0n) is 12.2. The molecular weight excluding hydrogens is 264 g/mol. The van der Waals surface area contributed by atoms with E-state index in [0.717, 1.165) is 18.9 Å².